The van der Waals surface area contributed by atoms with E-state index in [-0.39, 0.29) is 3.57 Å². The molecule has 0 aliphatic carbocycles. The van der Waals surface area contributed by atoms with Gasteiger partial charge in [0.2, 0.25) is 0 Å². The molecule has 0 aromatic carbocycles. The van der Waals surface area contributed by atoms with Gasteiger partial charge in [-0.15, -0.1) is 0 Å². The van der Waals surface area contributed by atoms with E-state index in [0.717, 1.165) is 6.07 Å². The van der Waals surface area contributed by atoms with Crippen LogP contribution in [0, 0.1) is 13.7 Å². The summed E-state index contributed by atoms with van der Waals surface area (Å²) < 4.78 is 24.4. The van der Waals surface area contributed by atoms with E-state index in [1.807, 2.05) is 0 Å². The molecule has 0 saturated heterocycles. The molecule has 8 heteroatoms. The van der Waals surface area contributed by atoms with Crippen molar-refractivity contribution in [2.75, 3.05) is 0 Å². The monoisotopic (exact) mass is 316 g/mol. The Morgan fingerprint density at radius 2 is 2.14 bits per heavy atom. The zero-order chi connectivity index (χ0) is 10.9. The van der Waals surface area contributed by atoms with E-state index in [2.05, 4.69) is 0 Å². The van der Waals surface area contributed by atoms with Gasteiger partial charge in [-0.2, -0.15) is 0 Å². The highest BCUT2D eigenvalue weighted by atomic mass is 127. The second kappa shape index (κ2) is 3.98. The summed E-state index contributed by atoms with van der Waals surface area (Å²) in [4.78, 5) is 22.0. The summed E-state index contributed by atoms with van der Waals surface area (Å²) in [6.45, 7) is 0. The number of rotatable bonds is 2. The van der Waals surface area contributed by atoms with E-state index in [4.69, 9.17) is 0 Å². The Kier molecular flexibility index (Phi) is 3.13. The van der Waals surface area contributed by atoms with E-state index in [1.165, 1.54) is 22.6 Å². The second-order valence-electron chi connectivity index (χ2n) is 2.30. The van der Waals surface area contributed by atoms with Crippen LogP contribution >= 0.6 is 22.6 Å². The van der Waals surface area contributed by atoms with Gasteiger partial charge in [0.25, 0.3) is 6.43 Å². The van der Waals surface area contributed by atoms with E-state index in [1.54, 1.807) is 4.98 Å². The third-order valence-electron chi connectivity index (χ3n) is 1.42. The van der Waals surface area contributed by atoms with Crippen molar-refractivity contribution in [1.29, 1.82) is 0 Å². The number of halogens is 3. The molecule has 1 aromatic heterocycles. The highest BCUT2D eigenvalue weighted by Gasteiger charge is 2.19. The van der Waals surface area contributed by atoms with Crippen molar-refractivity contribution in [2.45, 2.75) is 6.43 Å². The first-order valence-corrected chi connectivity index (χ1v) is 4.36. The fourth-order valence-corrected chi connectivity index (χ4v) is 1.47. The van der Waals surface area contributed by atoms with Crippen LogP contribution in [0.1, 0.15) is 12.1 Å². The molecule has 1 heterocycles. The molecular weight excluding hydrogens is 313 g/mol. The Morgan fingerprint density at radius 3 is 2.57 bits per heavy atom. The van der Waals surface area contributed by atoms with Gasteiger partial charge in [0.05, 0.1) is 10.6 Å². The first-order valence-electron chi connectivity index (χ1n) is 3.28. The minimum absolute atomic E-state index is 0.0381. The summed E-state index contributed by atoms with van der Waals surface area (Å²) in [5.41, 5.74) is -2.45. The number of nitrogens with one attached hydrogen (secondary N) is 1. The first-order chi connectivity index (χ1) is 6.43. The lowest BCUT2D eigenvalue weighted by atomic mass is 10.3. The van der Waals surface area contributed by atoms with E-state index in [9.17, 15) is 23.7 Å². The lowest BCUT2D eigenvalue weighted by Crippen LogP contribution is -2.15. The van der Waals surface area contributed by atoms with Gasteiger partial charge in [0.1, 0.15) is 0 Å². The quantitative estimate of drug-likeness (QED) is 0.514. The van der Waals surface area contributed by atoms with Crippen LogP contribution in [0.3, 0.4) is 0 Å². The molecule has 0 amide bonds. The molecule has 1 rings (SSSR count). The standard InChI is InChI=1S/C6H3F2IN2O3/c7-5(8)4-2(9)1-3(11(13)14)6(12)10-4/h1,5H,(H,10,12). The van der Waals surface area contributed by atoms with Gasteiger partial charge in [-0.3, -0.25) is 14.9 Å². The SMILES string of the molecule is O=c1[nH]c(C(F)F)c(I)cc1[N+](=O)[O-]. The maximum absolute atomic E-state index is 12.2. The smallest absolute Gasteiger partial charge is 0.314 e. The normalized spacial score (nSPS) is 10.6. The summed E-state index contributed by atoms with van der Waals surface area (Å²) in [7, 11) is 0. The third kappa shape index (κ3) is 2.05. The third-order valence-corrected chi connectivity index (χ3v) is 2.31. The summed E-state index contributed by atoms with van der Waals surface area (Å²) in [5, 5.41) is 10.2. The van der Waals surface area contributed by atoms with Gasteiger partial charge < -0.3 is 4.98 Å². The van der Waals surface area contributed by atoms with Gasteiger partial charge in [-0.25, -0.2) is 8.78 Å². The zero-order valence-electron chi connectivity index (χ0n) is 6.46. The van der Waals surface area contributed by atoms with Crippen molar-refractivity contribution in [2.24, 2.45) is 0 Å². The molecule has 0 fully saturated rings. The largest absolute Gasteiger partial charge is 0.334 e. The molecule has 5 nitrogen and oxygen atoms in total. The fraction of sp³-hybridized carbons (Fsp3) is 0.167. The number of pyridine rings is 1. The number of aromatic nitrogens is 1. The zero-order valence-corrected chi connectivity index (χ0v) is 8.62. The van der Waals surface area contributed by atoms with Crippen LogP contribution in [-0.2, 0) is 0 Å². The average molecular weight is 316 g/mol. The lowest BCUT2D eigenvalue weighted by molar-refractivity contribution is -0.386. The Labute approximate surface area is 89.4 Å². The molecule has 1 aromatic rings. The molecule has 1 N–H and O–H groups in total. The summed E-state index contributed by atoms with van der Waals surface area (Å²) in [5.74, 6) is 0. The van der Waals surface area contributed by atoms with Gasteiger partial charge in [0, 0.05) is 9.64 Å². The molecule has 76 valence electrons. The van der Waals surface area contributed by atoms with Crippen molar-refractivity contribution in [3.8, 4) is 0 Å². The number of nitro groups is 1. The number of hydrogen-bond donors (Lipinski definition) is 1. The molecule has 0 atom stereocenters. The van der Waals surface area contributed by atoms with Gasteiger partial charge in [-0.1, -0.05) is 0 Å². The molecule has 0 bridgehead atoms. The highest BCUT2D eigenvalue weighted by molar-refractivity contribution is 14.1. The number of aromatic amines is 1. The maximum atomic E-state index is 12.2. The van der Waals surface area contributed by atoms with Crippen molar-refractivity contribution in [3.05, 3.63) is 35.8 Å². The first kappa shape index (κ1) is 11.0. The van der Waals surface area contributed by atoms with Gasteiger partial charge in [-0.05, 0) is 22.6 Å². The van der Waals surface area contributed by atoms with Gasteiger partial charge in [0.15, 0.2) is 0 Å². The molecule has 0 radical (unpaired) electrons. The van der Waals surface area contributed by atoms with Crippen LogP contribution in [0.5, 0.6) is 0 Å². The number of H-pyrrole nitrogens is 1. The molecule has 14 heavy (non-hydrogen) atoms. The Balaban J connectivity index is 3.39. The van der Waals surface area contributed by atoms with Crippen LogP contribution in [0.25, 0.3) is 0 Å². The predicted molar refractivity (Wildman–Crippen MR) is 51.4 cm³/mol. The van der Waals surface area contributed by atoms with Crippen LogP contribution in [0.4, 0.5) is 14.5 Å². The molecule has 0 aliphatic rings. The molecular formula is C6H3F2IN2O3. The van der Waals surface area contributed by atoms with Gasteiger partial charge >= 0.3 is 11.2 Å². The van der Waals surface area contributed by atoms with Crippen LogP contribution in [0.2, 0.25) is 0 Å². The summed E-state index contributed by atoms with van der Waals surface area (Å²) in [6.07, 6.45) is -2.85. The van der Waals surface area contributed by atoms with Crippen LogP contribution in [-0.4, -0.2) is 9.91 Å². The molecule has 0 spiro atoms. The summed E-state index contributed by atoms with van der Waals surface area (Å²) in [6, 6.07) is 0.820. The van der Waals surface area contributed by atoms with Crippen molar-refractivity contribution < 1.29 is 13.7 Å². The van der Waals surface area contributed by atoms with E-state index in [0.29, 0.717) is 0 Å². The lowest BCUT2D eigenvalue weighted by Gasteiger charge is -2.01. The second-order valence-corrected chi connectivity index (χ2v) is 3.47. The van der Waals surface area contributed by atoms with E-state index >= 15 is 0 Å². The van der Waals surface area contributed by atoms with Crippen molar-refractivity contribution in [1.82, 2.24) is 4.98 Å². The Bertz CT molecular complexity index is 432. The average Bonchev–Trinajstić information content (AvgIpc) is 2.07. The highest BCUT2D eigenvalue weighted by Crippen LogP contribution is 2.22. The van der Waals surface area contributed by atoms with Crippen molar-refractivity contribution in [3.63, 3.8) is 0 Å². The van der Waals surface area contributed by atoms with E-state index < -0.39 is 28.3 Å². The minimum Gasteiger partial charge on any atom is -0.314 e. The number of hydrogen-bond acceptors (Lipinski definition) is 3. The Morgan fingerprint density at radius 1 is 1.57 bits per heavy atom. The number of alkyl halides is 2. The van der Waals surface area contributed by atoms with Crippen LogP contribution in [0.15, 0.2) is 10.9 Å². The minimum atomic E-state index is -2.85. The Hall–Kier alpha value is -1.06. The van der Waals surface area contributed by atoms with Crippen LogP contribution < -0.4 is 5.56 Å². The topological polar surface area (TPSA) is 76.0 Å². The predicted octanol–water partition coefficient (Wildman–Crippen LogP) is 1.83. The number of nitrogens with zero attached hydrogens (tertiary/aromatic N) is 1. The summed E-state index contributed by atoms with van der Waals surface area (Å²) >= 11 is 1.50. The van der Waals surface area contributed by atoms with Crippen molar-refractivity contribution >= 4 is 28.3 Å². The maximum Gasteiger partial charge on any atom is 0.334 e. The molecule has 0 saturated carbocycles. The fourth-order valence-electron chi connectivity index (χ4n) is 0.804. The molecule has 0 aliphatic heterocycles. The molecule has 0 unspecified atom stereocenters.